The smallest absolute Gasteiger partial charge is 0.323 e. The van der Waals surface area contributed by atoms with Crippen molar-refractivity contribution in [1.82, 2.24) is 5.32 Å². The van der Waals surface area contributed by atoms with Crippen molar-refractivity contribution in [3.05, 3.63) is 29.8 Å². The molecule has 92 valence electrons. The number of hydrogen-bond donors (Lipinski definition) is 3. The lowest BCUT2D eigenvalue weighted by Gasteiger charge is -2.25. The first-order valence-corrected chi connectivity index (χ1v) is 5.89. The van der Waals surface area contributed by atoms with Crippen molar-refractivity contribution in [3.8, 4) is 5.75 Å². The average molecular weight is 235 g/mol. The van der Waals surface area contributed by atoms with E-state index in [1.165, 1.54) is 0 Å². The number of nitrogens with one attached hydrogen (secondary N) is 1. The van der Waals surface area contributed by atoms with Crippen molar-refractivity contribution in [2.75, 3.05) is 0 Å². The summed E-state index contributed by atoms with van der Waals surface area (Å²) in [6.45, 7) is 0.388. The average Bonchev–Trinajstić information content (AvgIpc) is 2.78. The molecule has 4 heteroatoms. The molecule has 0 aromatic heterocycles. The first-order chi connectivity index (χ1) is 8.14. The minimum absolute atomic E-state index is 0.207. The van der Waals surface area contributed by atoms with Crippen molar-refractivity contribution in [1.29, 1.82) is 0 Å². The summed E-state index contributed by atoms with van der Waals surface area (Å²) in [4.78, 5) is 11.3. The van der Waals surface area contributed by atoms with Gasteiger partial charge in [-0.05, 0) is 18.9 Å². The molecule has 0 aliphatic heterocycles. The Balaban J connectivity index is 2.06. The molecule has 0 saturated heterocycles. The third-order valence-electron chi connectivity index (χ3n) is 3.48. The van der Waals surface area contributed by atoms with E-state index in [9.17, 15) is 15.0 Å². The van der Waals surface area contributed by atoms with E-state index in [-0.39, 0.29) is 5.75 Å². The Morgan fingerprint density at radius 3 is 2.53 bits per heavy atom. The Labute approximate surface area is 100 Å². The summed E-state index contributed by atoms with van der Waals surface area (Å²) in [7, 11) is 0. The molecule has 3 N–H and O–H groups in total. The van der Waals surface area contributed by atoms with Gasteiger partial charge < -0.3 is 10.2 Å². The van der Waals surface area contributed by atoms with E-state index in [1.807, 2.05) is 6.07 Å². The Kier molecular flexibility index (Phi) is 3.33. The topological polar surface area (TPSA) is 69.6 Å². The molecule has 0 spiro atoms. The molecule has 0 radical (unpaired) electrons. The van der Waals surface area contributed by atoms with E-state index < -0.39 is 11.5 Å². The van der Waals surface area contributed by atoms with Crippen molar-refractivity contribution in [2.24, 2.45) is 0 Å². The maximum absolute atomic E-state index is 11.3. The second kappa shape index (κ2) is 4.75. The van der Waals surface area contributed by atoms with E-state index in [1.54, 1.807) is 18.2 Å². The summed E-state index contributed by atoms with van der Waals surface area (Å²) in [6.07, 6.45) is 3.21. The number of benzene rings is 1. The summed E-state index contributed by atoms with van der Waals surface area (Å²) in [5.74, 6) is -0.580. The second-order valence-corrected chi connectivity index (χ2v) is 4.58. The van der Waals surface area contributed by atoms with E-state index in [4.69, 9.17) is 0 Å². The molecule has 0 bridgehead atoms. The number of carboxylic acid groups (broad SMARTS) is 1. The van der Waals surface area contributed by atoms with Gasteiger partial charge in [0.1, 0.15) is 11.3 Å². The number of aromatic hydroxyl groups is 1. The molecule has 1 saturated carbocycles. The molecular formula is C13H17NO3. The summed E-state index contributed by atoms with van der Waals surface area (Å²) in [5.41, 5.74) is -0.0672. The molecule has 1 aromatic carbocycles. The van der Waals surface area contributed by atoms with E-state index in [2.05, 4.69) is 5.32 Å². The molecule has 0 amide bonds. The molecule has 0 unspecified atom stereocenters. The highest BCUT2D eigenvalue weighted by Gasteiger charge is 2.40. The number of para-hydroxylation sites is 1. The normalized spacial score (nSPS) is 18.1. The number of phenolic OH excluding ortho intramolecular Hbond substituents is 1. The quantitative estimate of drug-likeness (QED) is 0.745. The monoisotopic (exact) mass is 235 g/mol. The Hall–Kier alpha value is -1.55. The van der Waals surface area contributed by atoms with Gasteiger partial charge >= 0.3 is 5.97 Å². The Morgan fingerprint density at radius 2 is 1.94 bits per heavy atom. The summed E-state index contributed by atoms with van der Waals surface area (Å²) < 4.78 is 0. The van der Waals surface area contributed by atoms with Crippen LogP contribution in [0.5, 0.6) is 5.75 Å². The van der Waals surface area contributed by atoms with Crippen LogP contribution in [0, 0.1) is 0 Å². The first kappa shape index (κ1) is 11.9. The van der Waals surface area contributed by atoms with Crippen LogP contribution in [0.2, 0.25) is 0 Å². The van der Waals surface area contributed by atoms with Gasteiger partial charge in [-0.3, -0.25) is 10.1 Å². The minimum atomic E-state index is -0.803. The lowest BCUT2D eigenvalue weighted by molar-refractivity contribution is -0.144. The highest BCUT2D eigenvalue weighted by Crippen LogP contribution is 2.30. The SMILES string of the molecule is O=C(O)C1(NCc2ccccc2O)CCCC1. The molecule has 17 heavy (non-hydrogen) atoms. The zero-order valence-electron chi connectivity index (χ0n) is 9.65. The molecule has 1 aliphatic carbocycles. The fraction of sp³-hybridized carbons (Fsp3) is 0.462. The number of rotatable bonds is 4. The predicted molar refractivity (Wildman–Crippen MR) is 63.8 cm³/mol. The zero-order chi connectivity index (χ0) is 12.3. The van der Waals surface area contributed by atoms with Crippen molar-refractivity contribution < 1.29 is 15.0 Å². The van der Waals surface area contributed by atoms with Crippen LogP contribution in [0.1, 0.15) is 31.2 Å². The Morgan fingerprint density at radius 1 is 1.29 bits per heavy atom. The standard InChI is InChI=1S/C13H17NO3/c15-11-6-2-1-5-10(11)9-14-13(12(16)17)7-3-4-8-13/h1-2,5-6,14-15H,3-4,7-9H2,(H,16,17). The van der Waals surface area contributed by atoms with E-state index in [0.717, 1.165) is 18.4 Å². The lowest BCUT2D eigenvalue weighted by atomic mass is 9.97. The van der Waals surface area contributed by atoms with Gasteiger partial charge in [0.05, 0.1) is 0 Å². The minimum Gasteiger partial charge on any atom is -0.508 e. The van der Waals surface area contributed by atoms with Crippen LogP contribution in [0.4, 0.5) is 0 Å². The largest absolute Gasteiger partial charge is 0.508 e. The van der Waals surface area contributed by atoms with Gasteiger partial charge in [0.2, 0.25) is 0 Å². The third kappa shape index (κ3) is 2.42. The summed E-state index contributed by atoms with van der Waals surface area (Å²) >= 11 is 0. The number of aliphatic carboxylic acids is 1. The maximum Gasteiger partial charge on any atom is 0.323 e. The van der Waals surface area contributed by atoms with Crippen LogP contribution in [0.25, 0.3) is 0 Å². The van der Waals surface area contributed by atoms with Crippen LogP contribution in [-0.2, 0) is 11.3 Å². The van der Waals surface area contributed by atoms with Gasteiger partial charge in [0.25, 0.3) is 0 Å². The number of hydrogen-bond acceptors (Lipinski definition) is 3. The highest BCUT2D eigenvalue weighted by molar-refractivity contribution is 5.79. The molecule has 1 aliphatic rings. The van der Waals surface area contributed by atoms with Crippen LogP contribution in [-0.4, -0.2) is 21.7 Å². The molecule has 2 rings (SSSR count). The molecule has 0 atom stereocenters. The van der Waals surface area contributed by atoms with Crippen molar-refractivity contribution >= 4 is 5.97 Å². The summed E-state index contributed by atoms with van der Waals surface area (Å²) in [6, 6.07) is 6.99. The van der Waals surface area contributed by atoms with Crippen molar-refractivity contribution in [2.45, 2.75) is 37.8 Å². The predicted octanol–water partition coefficient (Wildman–Crippen LogP) is 1.88. The van der Waals surface area contributed by atoms with Crippen LogP contribution in [0.15, 0.2) is 24.3 Å². The maximum atomic E-state index is 11.3. The first-order valence-electron chi connectivity index (χ1n) is 5.89. The van der Waals surface area contributed by atoms with Crippen molar-refractivity contribution in [3.63, 3.8) is 0 Å². The summed E-state index contributed by atoms with van der Waals surface area (Å²) in [5, 5.41) is 22.0. The fourth-order valence-corrected chi connectivity index (χ4v) is 2.37. The van der Waals surface area contributed by atoms with Gasteiger partial charge in [-0.15, -0.1) is 0 Å². The lowest BCUT2D eigenvalue weighted by Crippen LogP contribution is -2.49. The van der Waals surface area contributed by atoms with E-state index >= 15 is 0 Å². The van der Waals surface area contributed by atoms with Gasteiger partial charge in [-0.25, -0.2) is 0 Å². The fourth-order valence-electron chi connectivity index (χ4n) is 2.37. The van der Waals surface area contributed by atoms with Gasteiger partial charge in [-0.1, -0.05) is 31.0 Å². The molecule has 0 heterocycles. The van der Waals surface area contributed by atoms with Gasteiger partial charge in [0.15, 0.2) is 0 Å². The molecule has 1 aromatic rings. The van der Waals surface area contributed by atoms with Crippen LogP contribution >= 0.6 is 0 Å². The molecule has 1 fully saturated rings. The number of carboxylic acids is 1. The second-order valence-electron chi connectivity index (χ2n) is 4.58. The molecule has 4 nitrogen and oxygen atoms in total. The number of phenols is 1. The molecular weight excluding hydrogens is 218 g/mol. The van der Waals surface area contributed by atoms with Crippen LogP contribution < -0.4 is 5.32 Å². The van der Waals surface area contributed by atoms with Crippen LogP contribution in [0.3, 0.4) is 0 Å². The highest BCUT2D eigenvalue weighted by atomic mass is 16.4. The third-order valence-corrected chi connectivity index (χ3v) is 3.48. The van der Waals surface area contributed by atoms with E-state index in [0.29, 0.717) is 19.4 Å². The van der Waals surface area contributed by atoms with Gasteiger partial charge in [-0.2, -0.15) is 0 Å². The number of carbonyl (C=O) groups is 1. The Bertz CT molecular complexity index is 411. The van der Waals surface area contributed by atoms with Gasteiger partial charge in [0, 0.05) is 12.1 Å². The zero-order valence-corrected chi connectivity index (χ0v) is 9.65.